The first kappa shape index (κ1) is 45.9. The molecular weight excluding hydrogens is 878 g/mol. The molecule has 1 aromatic carbocycles. The number of carbonyl (C=O) groups is 4. The molecular formula is C38H45F3N10O12S. The average molecular weight is 923 g/mol. The molecule has 22 nitrogen and oxygen atoms in total. The van der Waals surface area contributed by atoms with Gasteiger partial charge in [0.2, 0.25) is 11.4 Å². The fourth-order valence-corrected chi connectivity index (χ4v) is 8.53. The van der Waals surface area contributed by atoms with Gasteiger partial charge in [-0.3, -0.25) is 9.88 Å². The molecule has 3 aliphatic rings. The van der Waals surface area contributed by atoms with Gasteiger partial charge in [0.15, 0.2) is 11.8 Å². The van der Waals surface area contributed by atoms with E-state index >= 15 is 0 Å². The van der Waals surface area contributed by atoms with Gasteiger partial charge in [0.05, 0.1) is 18.1 Å². The SMILES string of the molecule is COc1nsc(NC(=O)N2C[C@H]3C[C@H](N(C)c4ncnc5c4ccn5C(=O)N(C)CCN(C)C(=O)OCc4ccc(O[C@@H]5O[C@H](C(=O)O)[C@@H](O)[C@H](O)[C@H]5O)c(C(F)(F)F)c4)C[C@H]3C2)n1. The summed E-state index contributed by atoms with van der Waals surface area (Å²) in [6, 6.07) is 3.97. The number of likely N-dealkylation sites (N-methyl/N-ethyl adjacent to an activating group) is 2. The van der Waals surface area contributed by atoms with Crippen molar-refractivity contribution in [3.8, 4) is 11.8 Å². The van der Waals surface area contributed by atoms with Crippen molar-refractivity contribution >= 4 is 57.6 Å². The Balaban J connectivity index is 0.905. The number of halogens is 3. The fourth-order valence-electron chi connectivity index (χ4n) is 8.00. The summed E-state index contributed by atoms with van der Waals surface area (Å²) < 4.78 is 67.9. The summed E-state index contributed by atoms with van der Waals surface area (Å²) in [7, 11) is 6.30. The highest BCUT2D eigenvalue weighted by molar-refractivity contribution is 7.10. The number of alkyl halides is 3. The molecule has 26 heteroatoms. The highest BCUT2D eigenvalue weighted by atomic mass is 32.1. The van der Waals surface area contributed by atoms with E-state index in [2.05, 4.69) is 29.5 Å². The molecule has 5 heterocycles. The molecule has 4 aromatic rings. The Morgan fingerprint density at radius 1 is 0.984 bits per heavy atom. The van der Waals surface area contributed by atoms with Crippen molar-refractivity contribution in [1.29, 1.82) is 0 Å². The largest absolute Gasteiger partial charge is 0.479 e. The molecule has 1 saturated carbocycles. The lowest BCUT2D eigenvalue weighted by Gasteiger charge is -2.38. The minimum Gasteiger partial charge on any atom is -0.479 e. The van der Waals surface area contributed by atoms with Gasteiger partial charge < -0.3 is 59.0 Å². The third kappa shape index (κ3) is 9.54. The van der Waals surface area contributed by atoms with Crippen molar-refractivity contribution in [2.24, 2.45) is 11.8 Å². The van der Waals surface area contributed by atoms with Gasteiger partial charge in [-0.2, -0.15) is 18.2 Å². The number of likely N-dealkylation sites (tertiary alicyclic amines) is 1. The molecule has 0 spiro atoms. The number of ether oxygens (including phenoxy) is 4. The molecule has 0 bridgehead atoms. The van der Waals surface area contributed by atoms with Gasteiger partial charge in [-0.25, -0.2) is 29.1 Å². The second-order valence-corrected chi connectivity index (χ2v) is 16.4. The molecule has 0 radical (unpaired) electrons. The van der Waals surface area contributed by atoms with Gasteiger partial charge in [-0.15, -0.1) is 4.37 Å². The lowest BCUT2D eigenvalue weighted by atomic mass is 9.99. The predicted molar refractivity (Wildman–Crippen MR) is 216 cm³/mol. The van der Waals surface area contributed by atoms with Crippen molar-refractivity contribution in [3.05, 3.63) is 47.9 Å². The number of benzene rings is 1. The summed E-state index contributed by atoms with van der Waals surface area (Å²) in [4.78, 5) is 70.2. The Bertz CT molecular complexity index is 2360. The minimum absolute atomic E-state index is 0.0224. The smallest absolute Gasteiger partial charge is 0.419 e. The first-order valence-electron chi connectivity index (χ1n) is 19.8. The highest BCUT2D eigenvalue weighted by Gasteiger charge is 2.49. The van der Waals surface area contributed by atoms with Gasteiger partial charge in [-0.05, 0) is 48.4 Å². The van der Waals surface area contributed by atoms with Crippen LogP contribution in [-0.2, 0) is 27.1 Å². The number of rotatable bonds is 12. The number of hydrogen-bond donors (Lipinski definition) is 5. The number of aromatic nitrogens is 5. The molecule has 4 amide bonds. The van der Waals surface area contributed by atoms with E-state index in [4.69, 9.17) is 18.9 Å². The van der Waals surface area contributed by atoms with E-state index in [9.17, 15) is 52.8 Å². The normalized spacial score (nSPS) is 24.2. The Hall–Kier alpha value is -6.09. The molecule has 3 aromatic heterocycles. The molecule has 3 fully saturated rings. The number of urea groups is 1. The van der Waals surface area contributed by atoms with E-state index in [-0.39, 0.29) is 48.6 Å². The lowest BCUT2D eigenvalue weighted by molar-refractivity contribution is -0.271. The van der Waals surface area contributed by atoms with Crippen LogP contribution in [0.1, 0.15) is 24.0 Å². The number of fused-ring (bicyclic) bond motifs is 2. The van der Waals surface area contributed by atoms with Crippen LogP contribution in [0.5, 0.6) is 11.8 Å². The van der Waals surface area contributed by atoms with Gasteiger partial charge in [0.1, 0.15) is 42.8 Å². The molecule has 5 N–H and O–H groups in total. The number of carbonyl (C=O) groups excluding carboxylic acids is 3. The van der Waals surface area contributed by atoms with Crippen LogP contribution in [0.3, 0.4) is 0 Å². The van der Waals surface area contributed by atoms with Crippen molar-refractivity contribution in [2.45, 2.75) is 62.4 Å². The predicted octanol–water partition coefficient (Wildman–Crippen LogP) is 2.13. The summed E-state index contributed by atoms with van der Waals surface area (Å²) in [5, 5.41) is 43.1. The maximum atomic E-state index is 14.1. The fraction of sp³-hybridized carbons (Fsp3) is 0.526. The number of nitrogens with one attached hydrogen (secondary N) is 1. The van der Waals surface area contributed by atoms with Crippen LogP contribution in [0, 0.1) is 11.8 Å². The summed E-state index contributed by atoms with van der Waals surface area (Å²) in [5.74, 6) is -1.43. The summed E-state index contributed by atoms with van der Waals surface area (Å²) in [6.07, 6.45) is -11.8. The second-order valence-electron chi connectivity index (χ2n) is 15.7. The number of nitrogens with zero attached hydrogens (tertiary/aromatic N) is 9. The standard InChI is InChI=1S/C38H45F3N10O12S/c1-47(9-10-48(2)37(59)61-16-18-5-6-24(23(11-18)38(39,40)41)62-32-27(54)25(52)26(53)28(63-32)31(55)56)36(58)51-8-7-22-29(42-17-43-30(22)51)49(3)21-12-19-14-50(15-20(19)13-21)35(57)45-34-44-33(60-4)46-64-34/h5-8,11,17,19-21,25-28,32,52-54H,9-10,12-16H2,1-4H3,(H,55,56)(H,44,45,46,57)/t19-,20+,21+,25-,26-,27+,28-,32+/m0/s1. The van der Waals surface area contributed by atoms with Crippen molar-refractivity contribution in [1.82, 2.24) is 38.6 Å². The first-order chi connectivity index (χ1) is 30.3. The quantitative estimate of drug-likeness (QED) is 0.136. The van der Waals surface area contributed by atoms with E-state index in [1.165, 1.54) is 37.0 Å². The number of carboxylic acids is 1. The zero-order valence-corrected chi connectivity index (χ0v) is 35.5. The third-order valence-electron chi connectivity index (χ3n) is 11.5. The molecule has 64 heavy (non-hydrogen) atoms. The van der Waals surface area contributed by atoms with Crippen LogP contribution in [0.15, 0.2) is 36.8 Å². The number of carboxylic acid groups (broad SMARTS) is 1. The van der Waals surface area contributed by atoms with Crippen LogP contribution in [0.25, 0.3) is 11.0 Å². The van der Waals surface area contributed by atoms with Crippen LogP contribution < -0.4 is 19.7 Å². The number of aliphatic carboxylic acids is 1. The number of anilines is 2. The van der Waals surface area contributed by atoms with Crippen LogP contribution in [-0.4, -0.2) is 174 Å². The number of aliphatic hydroxyl groups is 3. The zero-order valence-electron chi connectivity index (χ0n) is 34.7. The summed E-state index contributed by atoms with van der Waals surface area (Å²) in [6.45, 7) is 0.591. The van der Waals surface area contributed by atoms with Crippen LogP contribution >= 0.6 is 11.5 Å². The van der Waals surface area contributed by atoms with Gasteiger partial charge >= 0.3 is 36.3 Å². The zero-order chi connectivity index (χ0) is 46.2. The molecule has 2 saturated heterocycles. The number of aliphatic hydroxyl groups excluding tert-OH is 3. The molecule has 7 rings (SSSR count). The topological polar surface area (TPSA) is 268 Å². The molecule has 8 atom stereocenters. The lowest BCUT2D eigenvalue weighted by Crippen LogP contribution is -2.61. The monoisotopic (exact) mass is 922 g/mol. The molecule has 346 valence electrons. The Labute approximate surface area is 365 Å². The van der Waals surface area contributed by atoms with E-state index in [0.29, 0.717) is 41.1 Å². The minimum atomic E-state index is -5.04. The van der Waals surface area contributed by atoms with Crippen molar-refractivity contribution < 1.29 is 71.7 Å². The van der Waals surface area contributed by atoms with E-state index < -0.39 is 72.9 Å². The average Bonchev–Trinajstić information content (AvgIpc) is 4.08. The van der Waals surface area contributed by atoms with Crippen molar-refractivity contribution in [3.63, 3.8) is 0 Å². The number of methoxy groups -OCH3 is 1. The summed E-state index contributed by atoms with van der Waals surface area (Å²) >= 11 is 1.04. The number of hydrogen-bond acceptors (Lipinski definition) is 17. The van der Waals surface area contributed by atoms with Crippen LogP contribution in [0.2, 0.25) is 0 Å². The Morgan fingerprint density at radius 3 is 2.34 bits per heavy atom. The first-order valence-corrected chi connectivity index (χ1v) is 20.5. The number of amides is 4. The van der Waals surface area contributed by atoms with Gasteiger partial charge in [0.25, 0.3) is 0 Å². The molecule has 0 unspecified atom stereocenters. The Morgan fingerprint density at radius 2 is 1.69 bits per heavy atom. The highest BCUT2D eigenvalue weighted by Crippen LogP contribution is 2.42. The molecule has 2 aliphatic heterocycles. The maximum Gasteiger partial charge on any atom is 0.419 e. The second kappa shape index (κ2) is 18.6. The van der Waals surface area contributed by atoms with Crippen molar-refractivity contribution in [2.75, 3.05) is 64.6 Å². The van der Waals surface area contributed by atoms with E-state index in [0.717, 1.165) is 41.4 Å². The molecule has 1 aliphatic carbocycles. The Kier molecular flexibility index (Phi) is 13.3. The van der Waals surface area contributed by atoms with E-state index in [1.54, 1.807) is 17.2 Å². The van der Waals surface area contributed by atoms with E-state index in [1.807, 2.05) is 7.05 Å². The van der Waals surface area contributed by atoms with Crippen LogP contribution in [0.4, 0.5) is 38.5 Å². The van der Waals surface area contributed by atoms with Gasteiger partial charge in [-0.1, -0.05) is 6.07 Å². The maximum absolute atomic E-state index is 14.1. The summed E-state index contributed by atoms with van der Waals surface area (Å²) in [5.41, 5.74) is -1.13. The van der Waals surface area contributed by atoms with Gasteiger partial charge in [0, 0.05) is 71.1 Å². The third-order valence-corrected chi connectivity index (χ3v) is 12.2.